The number of allylic oxidation sites excluding steroid dienone is 1. The summed E-state index contributed by atoms with van der Waals surface area (Å²) >= 11 is 6.83. The van der Waals surface area contributed by atoms with Crippen molar-refractivity contribution in [3.05, 3.63) is 91.6 Å². The lowest BCUT2D eigenvalue weighted by molar-refractivity contribution is -0.0165. The minimum atomic E-state index is -0.233. The molecular formula is C25H16Br2O6. The van der Waals surface area contributed by atoms with Gasteiger partial charge in [-0.05, 0) is 42.5 Å². The minimum absolute atomic E-state index is 0.124. The van der Waals surface area contributed by atoms with Crippen LogP contribution in [0.3, 0.4) is 0 Å². The van der Waals surface area contributed by atoms with Gasteiger partial charge in [0.25, 0.3) is 0 Å². The van der Waals surface area contributed by atoms with Crippen molar-refractivity contribution in [3.8, 4) is 17.2 Å². The van der Waals surface area contributed by atoms with Crippen molar-refractivity contribution in [2.75, 3.05) is 13.4 Å². The number of hydrogen-bond donors (Lipinski definition) is 0. The Morgan fingerprint density at radius 3 is 2.67 bits per heavy atom. The highest BCUT2D eigenvalue weighted by atomic mass is 79.9. The fourth-order valence-electron chi connectivity index (χ4n) is 3.58. The normalized spacial score (nSPS) is 15.5. The molecule has 0 aromatic heterocycles. The molecule has 0 spiro atoms. The highest BCUT2D eigenvalue weighted by Crippen LogP contribution is 2.38. The predicted molar refractivity (Wildman–Crippen MR) is 128 cm³/mol. The van der Waals surface area contributed by atoms with Crippen LogP contribution in [0.25, 0.3) is 6.08 Å². The SMILES string of the molecule is O=C(COc1ccc2c(c1)O/C(=C\c1cc(Br)cc3c1OCOC3)C2=O)c1ccc(Br)cc1. The molecule has 0 radical (unpaired) electrons. The average Bonchev–Trinajstić information content (AvgIpc) is 3.12. The fraction of sp³-hybridized carbons (Fsp3) is 0.120. The number of ketones is 2. The third-order valence-corrected chi connectivity index (χ3v) is 6.15. The van der Waals surface area contributed by atoms with Crippen LogP contribution in [0.15, 0.2) is 69.3 Å². The monoisotopic (exact) mass is 570 g/mol. The van der Waals surface area contributed by atoms with Crippen LogP contribution >= 0.6 is 31.9 Å². The van der Waals surface area contributed by atoms with E-state index in [9.17, 15) is 9.59 Å². The second-order valence-electron chi connectivity index (χ2n) is 7.41. The van der Waals surface area contributed by atoms with Crippen molar-refractivity contribution >= 4 is 49.5 Å². The van der Waals surface area contributed by atoms with Crippen LogP contribution in [-0.4, -0.2) is 25.0 Å². The first-order valence-corrected chi connectivity index (χ1v) is 11.6. The van der Waals surface area contributed by atoms with Gasteiger partial charge in [0.2, 0.25) is 5.78 Å². The quantitative estimate of drug-likeness (QED) is 0.278. The van der Waals surface area contributed by atoms with Crippen LogP contribution in [0, 0.1) is 0 Å². The van der Waals surface area contributed by atoms with Gasteiger partial charge in [0.15, 0.2) is 24.9 Å². The number of carbonyl (C=O) groups excluding carboxylic acids is 2. The molecule has 6 nitrogen and oxygen atoms in total. The summed E-state index contributed by atoms with van der Waals surface area (Å²) in [6.45, 7) is 0.458. The molecule has 3 aromatic rings. The Balaban J connectivity index is 1.34. The van der Waals surface area contributed by atoms with Gasteiger partial charge in [0.05, 0.1) is 12.2 Å². The third-order valence-electron chi connectivity index (χ3n) is 5.17. The molecule has 3 aromatic carbocycles. The lowest BCUT2D eigenvalue weighted by atomic mass is 10.1. The summed E-state index contributed by atoms with van der Waals surface area (Å²) in [6, 6.07) is 15.7. The van der Waals surface area contributed by atoms with E-state index in [-0.39, 0.29) is 30.7 Å². The number of ether oxygens (including phenoxy) is 4. The van der Waals surface area contributed by atoms with E-state index in [4.69, 9.17) is 18.9 Å². The van der Waals surface area contributed by atoms with Gasteiger partial charge in [-0.1, -0.05) is 44.0 Å². The number of hydrogen-bond acceptors (Lipinski definition) is 6. The zero-order chi connectivity index (χ0) is 22.9. The Morgan fingerprint density at radius 1 is 1.03 bits per heavy atom. The summed E-state index contributed by atoms with van der Waals surface area (Å²) < 4.78 is 24.2. The van der Waals surface area contributed by atoms with Gasteiger partial charge >= 0.3 is 0 Å². The molecule has 0 amide bonds. The lowest BCUT2D eigenvalue weighted by Crippen LogP contribution is -2.12. The lowest BCUT2D eigenvalue weighted by Gasteiger charge is -2.20. The zero-order valence-electron chi connectivity index (χ0n) is 17.1. The first-order chi connectivity index (χ1) is 16.0. The van der Waals surface area contributed by atoms with Crippen molar-refractivity contribution in [2.45, 2.75) is 6.61 Å². The summed E-state index contributed by atoms with van der Waals surface area (Å²) in [5, 5.41) is 0. The molecule has 0 bridgehead atoms. The first kappa shape index (κ1) is 21.9. The summed E-state index contributed by atoms with van der Waals surface area (Å²) in [6.07, 6.45) is 1.66. The molecule has 5 rings (SSSR count). The number of halogens is 2. The van der Waals surface area contributed by atoms with Crippen LogP contribution in [0.5, 0.6) is 17.2 Å². The molecule has 0 aliphatic carbocycles. The molecule has 2 aliphatic rings. The maximum absolute atomic E-state index is 12.9. The topological polar surface area (TPSA) is 71.1 Å². The Bertz CT molecular complexity index is 1300. The molecular weight excluding hydrogens is 556 g/mol. The third kappa shape index (κ3) is 4.59. The first-order valence-electron chi connectivity index (χ1n) is 10.0. The highest BCUT2D eigenvalue weighted by molar-refractivity contribution is 9.10. The summed E-state index contributed by atoms with van der Waals surface area (Å²) in [5.74, 6) is 1.29. The molecule has 2 heterocycles. The van der Waals surface area contributed by atoms with Crippen LogP contribution < -0.4 is 14.2 Å². The van der Waals surface area contributed by atoms with E-state index in [0.29, 0.717) is 35.0 Å². The van der Waals surface area contributed by atoms with Crippen LogP contribution in [0.4, 0.5) is 0 Å². The second kappa shape index (κ2) is 9.13. The van der Waals surface area contributed by atoms with Crippen molar-refractivity contribution in [1.82, 2.24) is 0 Å². The summed E-state index contributed by atoms with van der Waals surface area (Å²) in [5.41, 5.74) is 2.59. The van der Waals surface area contributed by atoms with Crippen molar-refractivity contribution in [3.63, 3.8) is 0 Å². The van der Waals surface area contributed by atoms with Gasteiger partial charge in [-0.3, -0.25) is 9.59 Å². The van der Waals surface area contributed by atoms with E-state index in [1.165, 1.54) is 0 Å². The van der Waals surface area contributed by atoms with E-state index < -0.39 is 0 Å². The maximum atomic E-state index is 12.9. The molecule has 166 valence electrons. The van der Waals surface area contributed by atoms with E-state index >= 15 is 0 Å². The fourth-order valence-corrected chi connectivity index (χ4v) is 4.37. The van der Waals surface area contributed by atoms with E-state index in [0.717, 1.165) is 20.1 Å². The highest BCUT2D eigenvalue weighted by Gasteiger charge is 2.29. The Labute approximate surface area is 206 Å². The number of fused-ring (bicyclic) bond motifs is 2. The Morgan fingerprint density at radius 2 is 1.85 bits per heavy atom. The van der Waals surface area contributed by atoms with Crippen molar-refractivity contribution in [1.29, 1.82) is 0 Å². The Hall–Kier alpha value is -2.94. The van der Waals surface area contributed by atoms with Gasteiger partial charge in [0, 0.05) is 31.7 Å². The smallest absolute Gasteiger partial charge is 0.231 e. The molecule has 0 saturated carbocycles. The molecule has 0 unspecified atom stereocenters. The van der Waals surface area contributed by atoms with Gasteiger partial charge in [-0.15, -0.1) is 0 Å². The van der Waals surface area contributed by atoms with Crippen LogP contribution in [0.1, 0.15) is 31.8 Å². The molecule has 2 aliphatic heterocycles. The number of benzene rings is 3. The van der Waals surface area contributed by atoms with Crippen LogP contribution in [0.2, 0.25) is 0 Å². The van der Waals surface area contributed by atoms with Crippen molar-refractivity contribution < 1.29 is 28.5 Å². The summed E-state index contributed by atoms with van der Waals surface area (Å²) in [4.78, 5) is 25.2. The van der Waals surface area contributed by atoms with E-state index in [2.05, 4.69) is 31.9 Å². The second-order valence-corrected chi connectivity index (χ2v) is 9.24. The average molecular weight is 572 g/mol. The molecule has 0 atom stereocenters. The number of rotatable bonds is 5. The van der Waals surface area contributed by atoms with Gasteiger partial charge in [-0.25, -0.2) is 0 Å². The number of carbonyl (C=O) groups is 2. The van der Waals surface area contributed by atoms with Crippen LogP contribution in [-0.2, 0) is 11.3 Å². The largest absolute Gasteiger partial charge is 0.485 e. The molecule has 0 saturated heterocycles. The molecule has 0 N–H and O–H groups in total. The zero-order valence-corrected chi connectivity index (χ0v) is 20.3. The predicted octanol–water partition coefficient (Wildman–Crippen LogP) is 5.96. The standard InChI is InChI=1S/C25H16Br2O6/c26-17-3-1-14(2-4-17)21(28)12-31-19-5-6-20-22(10-19)33-23(24(20)29)9-15-7-18(27)8-16-11-30-13-32-25(15)16/h1-10H,11-13H2/b23-9-. The van der Waals surface area contributed by atoms with E-state index in [1.807, 2.05) is 12.1 Å². The molecule has 33 heavy (non-hydrogen) atoms. The molecule has 8 heteroatoms. The van der Waals surface area contributed by atoms with E-state index in [1.54, 1.807) is 48.5 Å². The van der Waals surface area contributed by atoms with Gasteiger partial charge in [0.1, 0.15) is 17.2 Å². The number of Topliss-reactive ketones (excluding diaryl/α,β-unsaturated/α-hetero) is 2. The summed E-state index contributed by atoms with van der Waals surface area (Å²) in [7, 11) is 0. The Kier molecular flexibility index (Phi) is 6.05. The van der Waals surface area contributed by atoms with Gasteiger partial charge in [-0.2, -0.15) is 0 Å². The maximum Gasteiger partial charge on any atom is 0.231 e. The van der Waals surface area contributed by atoms with Crippen molar-refractivity contribution in [2.24, 2.45) is 0 Å². The molecule has 0 fully saturated rings. The minimum Gasteiger partial charge on any atom is -0.485 e. The van der Waals surface area contributed by atoms with Gasteiger partial charge < -0.3 is 18.9 Å².